The summed E-state index contributed by atoms with van der Waals surface area (Å²) in [6, 6.07) is 4.77. The molecule has 1 N–H and O–H groups in total. The number of aromatic nitrogens is 2. The number of fused-ring (bicyclic) bond motifs is 1. The van der Waals surface area contributed by atoms with Gasteiger partial charge >= 0.3 is 6.18 Å². The van der Waals surface area contributed by atoms with Crippen molar-refractivity contribution in [2.45, 2.75) is 25.4 Å². The molecule has 1 aromatic heterocycles. The molecule has 8 heteroatoms. The normalized spacial score (nSPS) is 19.6. The fourth-order valence-corrected chi connectivity index (χ4v) is 3.87. The molecule has 0 unspecified atom stereocenters. The van der Waals surface area contributed by atoms with E-state index in [4.69, 9.17) is 0 Å². The van der Waals surface area contributed by atoms with Crippen LogP contribution in [-0.4, -0.2) is 42.3 Å². The van der Waals surface area contributed by atoms with Gasteiger partial charge in [-0.3, -0.25) is 0 Å². The second kappa shape index (κ2) is 6.61. The fourth-order valence-electron chi connectivity index (χ4n) is 3.87. The molecule has 0 radical (unpaired) electrons. The molecule has 2 saturated heterocycles. The standard InChI is InChI=1S/C17H19F3N4.ClH/c18-17(19,20)8-12-1-2-13-14(7-12)22-11-23-15(13)24-9-16(10-24)3-5-21-6-4-16;/h1-2,7,11,21H,3-6,8-10H2;1H. The molecule has 2 aliphatic heterocycles. The van der Waals surface area contributed by atoms with Crippen LogP contribution in [0.1, 0.15) is 18.4 Å². The summed E-state index contributed by atoms with van der Waals surface area (Å²) >= 11 is 0. The van der Waals surface area contributed by atoms with Gasteiger partial charge in [-0.2, -0.15) is 13.2 Å². The van der Waals surface area contributed by atoms with Crippen LogP contribution in [0.4, 0.5) is 19.0 Å². The van der Waals surface area contributed by atoms with Crippen LogP contribution in [0, 0.1) is 5.41 Å². The van der Waals surface area contributed by atoms with Crippen LogP contribution in [0.2, 0.25) is 0 Å². The molecule has 0 atom stereocenters. The first-order valence-corrected chi connectivity index (χ1v) is 8.20. The molecule has 3 heterocycles. The quantitative estimate of drug-likeness (QED) is 0.877. The van der Waals surface area contributed by atoms with E-state index in [9.17, 15) is 13.2 Å². The van der Waals surface area contributed by atoms with Crippen molar-refractivity contribution in [1.82, 2.24) is 15.3 Å². The van der Waals surface area contributed by atoms with E-state index < -0.39 is 12.6 Å². The van der Waals surface area contributed by atoms with Gasteiger partial charge in [0.15, 0.2) is 0 Å². The first kappa shape index (κ1) is 18.2. The number of nitrogens with zero attached hydrogens (tertiary/aromatic N) is 3. The molecule has 1 aromatic carbocycles. The van der Waals surface area contributed by atoms with Gasteiger partial charge in [0.25, 0.3) is 0 Å². The molecule has 2 aliphatic rings. The summed E-state index contributed by atoms with van der Waals surface area (Å²) in [5.74, 6) is 0.836. The van der Waals surface area contributed by atoms with Gasteiger partial charge in [-0.25, -0.2) is 9.97 Å². The van der Waals surface area contributed by atoms with Crippen LogP contribution in [-0.2, 0) is 6.42 Å². The summed E-state index contributed by atoms with van der Waals surface area (Å²) in [4.78, 5) is 10.8. The number of halogens is 4. The molecule has 0 saturated carbocycles. The lowest BCUT2D eigenvalue weighted by Gasteiger charge is -2.53. The molecule has 1 spiro atoms. The van der Waals surface area contributed by atoms with E-state index in [0.29, 0.717) is 10.9 Å². The van der Waals surface area contributed by atoms with Crippen LogP contribution in [0.25, 0.3) is 10.9 Å². The first-order chi connectivity index (χ1) is 11.4. The van der Waals surface area contributed by atoms with Gasteiger partial charge in [0.1, 0.15) is 12.1 Å². The van der Waals surface area contributed by atoms with Crippen LogP contribution in [0.3, 0.4) is 0 Å². The third-order valence-electron chi connectivity index (χ3n) is 5.10. The summed E-state index contributed by atoms with van der Waals surface area (Å²) in [6.45, 7) is 4.04. The van der Waals surface area contributed by atoms with E-state index in [1.807, 2.05) is 0 Å². The Morgan fingerprint density at radius 1 is 1.12 bits per heavy atom. The highest BCUT2D eigenvalue weighted by Crippen LogP contribution is 2.42. The molecule has 0 bridgehead atoms. The smallest absolute Gasteiger partial charge is 0.355 e. The number of anilines is 1. The number of rotatable bonds is 2. The molecule has 4 rings (SSSR count). The maximum atomic E-state index is 12.6. The monoisotopic (exact) mass is 372 g/mol. The Kier molecular flexibility index (Phi) is 4.81. The zero-order valence-electron chi connectivity index (χ0n) is 13.6. The Morgan fingerprint density at radius 3 is 2.52 bits per heavy atom. The number of piperidine rings is 1. The lowest BCUT2D eigenvalue weighted by molar-refractivity contribution is -0.127. The number of benzene rings is 1. The molecule has 0 aliphatic carbocycles. The Balaban J connectivity index is 0.00000182. The summed E-state index contributed by atoms with van der Waals surface area (Å²) in [5.41, 5.74) is 1.18. The van der Waals surface area contributed by atoms with Crippen molar-refractivity contribution < 1.29 is 13.2 Å². The van der Waals surface area contributed by atoms with Crippen molar-refractivity contribution in [2.24, 2.45) is 5.41 Å². The third-order valence-corrected chi connectivity index (χ3v) is 5.10. The zero-order chi connectivity index (χ0) is 16.8. The predicted molar refractivity (Wildman–Crippen MR) is 93.3 cm³/mol. The van der Waals surface area contributed by atoms with Crippen LogP contribution in [0.5, 0.6) is 0 Å². The van der Waals surface area contributed by atoms with E-state index in [1.54, 1.807) is 6.07 Å². The van der Waals surface area contributed by atoms with Gasteiger partial charge in [0, 0.05) is 23.9 Å². The zero-order valence-corrected chi connectivity index (χ0v) is 14.5. The average Bonchev–Trinajstić information content (AvgIpc) is 2.51. The number of hydrogen-bond donors (Lipinski definition) is 1. The molecule has 2 aromatic rings. The summed E-state index contributed by atoms with van der Waals surface area (Å²) in [6.07, 6.45) is -1.35. The van der Waals surface area contributed by atoms with Crippen LogP contribution >= 0.6 is 12.4 Å². The Morgan fingerprint density at radius 2 is 1.84 bits per heavy atom. The predicted octanol–water partition coefficient (Wildman–Crippen LogP) is 3.35. The third kappa shape index (κ3) is 3.67. The van der Waals surface area contributed by atoms with Gasteiger partial charge in [-0.05, 0) is 43.6 Å². The largest absolute Gasteiger partial charge is 0.393 e. The average molecular weight is 373 g/mol. The topological polar surface area (TPSA) is 41.0 Å². The highest BCUT2D eigenvalue weighted by molar-refractivity contribution is 5.90. The van der Waals surface area contributed by atoms with Crippen LogP contribution < -0.4 is 10.2 Å². The second-order valence-electron chi connectivity index (χ2n) is 6.95. The van der Waals surface area contributed by atoms with Crippen molar-refractivity contribution in [3.63, 3.8) is 0 Å². The summed E-state index contributed by atoms with van der Waals surface area (Å²) in [5, 5.41) is 4.21. The van der Waals surface area contributed by atoms with Crippen molar-refractivity contribution >= 4 is 29.1 Å². The Bertz CT molecular complexity index is 751. The van der Waals surface area contributed by atoms with E-state index >= 15 is 0 Å². The SMILES string of the molecule is Cl.FC(F)(F)Cc1ccc2c(N3CC4(CCNCC4)C3)ncnc2c1. The first-order valence-electron chi connectivity index (χ1n) is 8.20. The van der Waals surface area contributed by atoms with E-state index in [2.05, 4.69) is 20.2 Å². The van der Waals surface area contributed by atoms with E-state index in [0.717, 1.165) is 37.4 Å². The maximum absolute atomic E-state index is 12.6. The lowest BCUT2D eigenvalue weighted by atomic mass is 9.72. The number of alkyl halides is 3. The minimum Gasteiger partial charge on any atom is -0.355 e. The van der Waals surface area contributed by atoms with Crippen molar-refractivity contribution in [3.8, 4) is 0 Å². The van der Waals surface area contributed by atoms with Gasteiger partial charge in [0.05, 0.1) is 11.9 Å². The van der Waals surface area contributed by atoms with Gasteiger partial charge in [0.2, 0.25) is 0 Å². The fraction of sp³-hybridized carbons (Fsp3) is 0.529. The maximum Gasteiger partial charge on any atom is 0.393 e. The minimum atomic E-state index is -4.21. The van der Waals surface area contributed by atoms with Gasteiger partial charge in [-0.15, -0.1) is 12.4 Å². The summed E-state index contributed by atoms with van der Waals surface area (Å²) in [7, 11) is 0. The Labute approximate surface area is 150 Å². The molecule has 4 nitrogen and oxygen atoms in total. The van der Waals surface area contributed by atoms with Crippen LogP contribution in [0.15, 0.2) is 24.5 Å². The van der Waals surface area contributed by atoms with E-state index in [-0.39, 0.29) is 18.0 Å². The van der Waals surface area contributed by atoms with Gasteiger partial charge < -0.3 is 10.2 Å². The van der Waals surface area contributed by atoms with Gasteiger partial charge in [-0.1, -0.05) is 6.07 Å². The molecule has 136 valence electrons. The lowest BCUT2D eigenvalue weighted by Crippen LogP contribution is -2.60. The van der Waals surface area contributed by atoms with Crippen molar-refractivity contribution in [2.75, 3.05) is 31.1 Å². The van der Waals surface area contributed by atoms with E-state index in [1.165, 1.54) is 31.3 Å². The minimum absolute atomic E-state index is 0. The molecule has 25 heavy (non-hydrogen) atoms. The van der Waals surface area contributed by atoms with Crippen molar-refractivity contribution in [3.05, 3.63) is 30.1 Å². The second-order valence-corrected chi connectivity index (χ2v) is 6.95. The molecular weight excluding hydrogens is 353 g/mol. The molecule has 0 amide bonds. The molecule has 2 fully saturated rings. The number of hydrogen-bond acceptors (Lipinski definition) is 4. The highest BCUT2D eigenvalue weighted by atomic mass is 35.5. The van der Waals surface area contributed by atoms with Crippen molar-refractivity contribution in [1.29, 1.82) is 0 Å². The Hall–Kier alpha value is -1.60. The number of nitrogens with one attached hydrogen (secondary N) is 1. The summed E-state index contributed by atoms with van der Waals surface area (Å²) < 4.78 is 37.7. The molecular formula is C17H20ClF3N4. The highest BCUT2D eigenvalue weighted by Gasteiger charge is 2.44.